The Morgan fingerprint density at radius 3 is 2.45 bits per heavy atom. The molecule has 0 fully saturated rings. The van der Waals surface area contributed by atoms with Crippen molar-refractivity contribution in [3.05, 3.63) is 17.5 Å². The highest BCUT2D eigenvalue weighted by molar-refractivity contribution is 5.93. The van der Waals surface area contributed by atoms with E-state index < -0.39 is 12.0 Å². The minimum absolute atomic E-state index is 0.0597. The number of aromatic nitrogens is 2. The summed E-state index contributed by atoms with van der Waals surface area (Å²) in [7, 11) is 1.69. The van der Waals surface area contributed by atoms with Gasteiger partial charge in [-0.15, -0.1) is 0 Å². The molecule has 0 saturated heterocycles. The van der Waals surface area contributed by atoms with Crippen LogP contribution >= 0.6 is 0 Å². The molecule has 6 nitrogen and oxygen atoms in total. The van der Waals surface area contributed by atoms with Gasteiger partial charge in [0.15, 0.2) is 0 Å². The first kappa shape index (κ1) is 16.2. The van der Waals surface area contributed by atoms with E-state index in [1.807, 2.05) is 20.8 Å². The lowest BCUT2D eigenvalue weighted by Crippen LogP contribution is -2.39. The molecule has 0 bridgehead atoms. The summed E-state index contributed by atoms with van der Waals surface area (Å²) in [4.78, 5) is 23.1. The van der Waals surface area contributed by atoms with Crippen molar-refractivity contribution in [2.24, 2.45) is 12.5 Å². The van der Waals surface area contributed by atoms with Gasteiger partial charge in [0.1, 0.15) is 5.69 Å². The van der Waals surface area contributed by atoms with E-state index in [1.54, 1.807) is 20.0 Å². The molecule has 6 heteroatoms. The first-order valence-electron chi connectivity index (χ1n) is 6.62. The zero-order chi connectivity index (χ0) is 15.5. The third kappa shape index (κ3) is 5.03. The molecule has 0 aliphatic heterocycles. The Balaban J connectivity index is 2.81. The van der Waals surface area contributed by atoms with Crippen LogP contribution in [0.15, 0.2) is 6.07 Å². The number of hydrogen-bond donors (Lipinski definition) is 2. The van der Waals surface area contributed by atoms with Gasteiger partial charge < -0.3 is 10.4 Å². The van der Waals surface area contributed by atoms with Gasteiger partial charge in [-0.25, -0.2) is 0 Å². The number of aliphatic carboxylic acids is 1. The molecule has 1 amide bonds. The van der Waals surface area contributed by atoms with Gasteiger partial charge in [-0.3, -0.25) is 14.3 Å². The van der Waals surface area contributed by atoms with Crippen LogP contribution in [0.2, 0.25) is 0 Å². The fraction of sp³-hybridized carbons (Fsp3) is 0.643. The van der Waals surface area contributed by atoms with E-state index in [-0.39, 0.29) is 17.7 Å². The van der Waals surface area contributed by atoms with Crippen molar-refractivity contribution >= 4 is 11.9 Å². The van der Waals surface area contributed by atoms with Crippen LogP contribution in [-0.2, 0) is 11.8 Å². The standard InChI is InChI=1S/C14H23N3O3/c1-9-6-11(17(5)16-9)13(20)15-10(7-12(18)19)8-14(2,3)4/h6,10H,7-8H2,1-5H3,(H,15,20)(H,18,19). The molecule has 2 N–H and O–H groups in total. The van der Waals surface area contributed by atoms with Crippen molar-refractivity contribution in [1.29, 1.82) is 0 Å². The molecule has 0 aliphatic rings. The van der Waals surface area contributed by atoms with Crippen LogP contribution in [-0.4, -0.2) is 32.8 Å². The van der Waals surface area contributed by atoms with E-state index in [0.29, 0.717) is 12.1 Å². The largest absolute Gasteiger partial charge is 0.481 e. The second-order valence-electron chi connectivity index (χ2n) is 6.33. The number of hydrogen-bond acceptors (Lipinski definition) is 3. The van der Waals surface area contributed by atoms with Gasteiger partial charge in [0, 0.05) is 13.1 Å². The first-order chi connectivity index (χ1) is 9.08. The van der Waals surface area contributed by atoms with Crippen LogP contribution in [0.25, 0.3) is 0 Å². The van der Waals surface area contributed by atoms with Crippen LogP contribution in [0.1, 0.15) is 49.8 Å². The van der Waals surface area contributed by atoms with Gasteiger partial charge in [-0.2, -0.15) is 5.10 Å². The molecule has 0 aliphatic carbocycles. The van der Waals surface area contributed by atoms with Crippen molar-refractivity contribution < 1.29 is 14.7 Å². The lowest BCUT2D eigenvalue weighted by atomic mass is 9.87. The molecular weight excluding hydrogens is 258 g/mol. The fourth-order valence-corrected chi connectivity index (χ4v) is 2.21. The second kappa shape index (κ2) is 6.07. The highest BCUT2D eigenvalue weighted by Crippen LogP contribution is 2.22. The van der Waals surface area contributed by atoms with Gasteiger partial charge in [0.2, 0.25) is 0 Å². The number of carbonyl (C=O) groups excluding carboxylic acids is 1. The summed E-state index contributed by atoms with van der Waals surface area (Å²) in [6.07, 6.45) is 0.516. The minimum atomic E-state index is -0.916. The van der Waals surface area contributed by atoms with Crippen LogP contribution in [0.3, 0.4) is 0 Å². The molecule has 1 unspecified atom stereocenters. The zero-order valence-electron chi connectivity index (χ0n) is 12.7. The van der Waals surface area contributed by atoms with E-state index >= 15 is 0 Å². The SMILES string of the molecule is Cc1cc(C(=O)NC(CC(=O)O)CC(C)(C)C)n(C)n1. The highest BCUT2D eigenvalue weighted by atomic mass is 16.4. The summed E-state index contributed by atoms with van der Waals surface area (Å²) in [6.45, 7) is 7.85. The summed E-state index contributed by atoms with van der Waals surface area (Å²) in [5, 5.41) is 15.9. The summed E-state index contributed by atoms with van der Waals surface area (Å²) in [6, 6.07) is 1.29. The fourth-order valence-electron chi connectivity index (χ4n) is 2.21. The number of nitrogens with zero attached hydrogens (tertiary/aromatic N) is 2. The topological polar surface area (TPSA) is 84.2 Å². The molecule has 1 rings (SSSR count). The first-order valence-corrected chi connectivity index (χ1v) is 6.62. The molecular formula is C14H23N3O3. The van der Waals surface area contributed by atoms with Crippen LogP contribution in [0.5, 0.6) is 0 Å². The number of carboxylic acids is 1. The highest BCUT2D eigenvalue weighted by Gasteiger charge is 2.24. The molecule has 0 saturated carbocycles. The number of amides is 1. The molecule has 1 heterocycles. The van der Waals surface area contributed by atoms with Crippen LogP contribution in [0, 0.1) is 12.3 Å². The van der Waals surface area contributed by atoms with Gasteiger partial charge in [0.25, 0.3) is 5.91 Å². The van der Waals surface area contributed by atoms with E-state index in [9.17, 15) is 9.59 Å². The van der Waals surface area contributed by atoms with E-state index in [2.05, 4.69) is 10.4 Å². The number of rotatable bonds is 5. The summed E-state index contributed by atoms with van der Waals surface area (Å²) in [5.74, 6) is -1.20. The van der Waals surface area contributed by atoms with Gasteiger partial charge in [0.05, 0.1) is 12.1 Å². The predicted octanol–water partition coefficient (Wildman–Crippen LogP) is 1.74. The number of carbonyl (C=O) groups is 2. The molecule has 1 atom stereocenters. The van der Waals surface area contributed by atoms with Crippen molar-refractivity contribution in [3.8, 4) is 0 Å². The Bertz CT molecular complexity index is 500. The summed E-state index contributed by atoms with van der Waals surface area (Å²) < 4.78 is 1.50. The third-order valence-corrected chi connectivity index (χ3v) is 2.85. The summed E-state index contributed by atoms with van der Waals surface area (Å²) in [5.41, 5.74) is 1.13. The molecule has 0 radical (unpaired) electrons. The molecule has 20 heavy (non-hydrogen) atoms. The van der Waals surface area contributed by atoms with E-state index in [4.69, 9.17) is 5.11 Å². The maximum atomic E-state index is 12.2. The zero-order valence-corrected chi connectivity index (χ0v) is 12.7. The van der Waals surface area contributed by atoms with Crippen molar-refractivity contribution in [3.63, 3.8) is 0 Å². The average Bonchev–Trinajstić information content (AvgIpc) is 2.53. The lowest BCUT2D eigenvalue weighted by molar-refractivity contribution is -0.137. The Labute approximate surface area is 119 Å². The maximum Gasteiger partial charge on any atom is 0.305 e. The Morgan fingerprint density at radius 1 is 1.45 bits per heavy atom. The smallest absolute Gasteiger partial charge is 0.305 e. The van der Waals surface area contributed by atoms with E-state index in [1.165, 1.54) is 4.68 Å². The lowest BCUT2D eigenvalue weighted by Gasteiger charge is -2.25. The van der Waals surface area contributed by atoms with Gasteiger partial charge in [-0.1, -0.05) is 20.8 Å². The van der Waals surface area contributed by atoms with Crippen LogP contribution < -0.4 is 5.32 Å². The molecule has 112 valence electrons. The number of aryl methyl sites for hydroxylation is 2. The predicted molar refractivity (Wildman–Crippen MR) is 75.5 cm³/mol. The monoisotopic (exact) mass is 281 g/mol. The Morgan fingerprint density at radius 2 is 2.05 bits per heavy atom. The van der Waals surface area contributed by atoms with Crippen molar-refractivity contribution in [1.82, 2.24) is 15.1 Å². The Hall–Kier alpha value is -1.85. The Kier molecular flexibility index (Phi) is 4.92. The van der Waals surface area contributed by atoms with Crippen molar-refractivity contribution in [2.75, 3.05) is 0 Å². The number of nitrogens with one attached hydrogen (secondary N) is 1. The number of carboxylic acid groups (broad SMARTS) is 1. The molecule has 1 aromatic rings. The second-order valence-corrected chi connectivity index (χ2v) is 6.33. The average molecular weight is 281 g/mol. The normalized spacial score (nSPS) is 13.1. The molecule has 1 aromatic heterocycles. The van der Waals surface area contributed by atoms with Crippen molar-refractivity contribution in [2.45, 2.75) is 46.6 Å². The van der Waals surface area contributed by atoms with Gasteiger partial charge in [-0.05, 0) is 24.8 Å². The summed E-state index contributed by atoms with van der Waals surface area (Å²) >= 11 is 0. The third-order valence-electron chi connectivity index (χ3n) is 2.85. The maximum absolute atomic E-state index is 12.2. The molecule has 0 spiro atoms. The van der Waals surface area contributed by atoms with Crippen LogP contribution in [0.4, 0.5) is 0 Å². The molecule has 0 aromatic carbocycles. The van der Waals surface area contributed by atoms with E-state index in [0.717, 1.165) is 5.69 Å². The quantitative estimate of drug-likeness (QED) is 0.861. The minimum Gasteiger partial charge on any atom is -0.481 e. The van der Waals surface area contributed by atoms with Gasteiger partial charge >= 0.3 is 5.97 Å².